The minimum Gasteiger partial charge on any atom is -0.346 e. The molecule has 0 spiro atoms. The van der Waals surface area contributed by atoms with Gasteiger partial charge in [0.05, 0.1) is 5.69 Å². The lowest BCUT2D eigenvalue weighted by molar-refractivity contribution is 0.0890. The van der Waals surface area contributed by atoms with E-state index in [4.69, 9.17) is 5.73 Å². The van der Waals surface area contributed by atoms with E-state index in [1.54, 1.807) is 17.8 Å². The van der Waals surface area contributed by atoms with E-state index in [2.05, 4.69) is 10.4 Å². The molecule has 0 bridgehead atoms. The zero-order chi connectivity index (χ0) is 13.1. The number of rotatable bonds is 5. The van der Waals surface area contributed by atoms with Gasteiger partial charge in [0.1, 0.15) is 5.69 Å². The van der Waals surface area contributed by atoms with Crippen LogP contribution in [0.15, 0.2) is 6.07 Å². The number of hydrogen-bond donors (Lipinski definition) is 2. The van der Waals surface area contributed by atoms with Crippen LogP contribution in [-0.4, -0.2) is 27.8 Å². The maximum absolute atomic E-state index is 12.1. The molecule has 1 heterocycles. The molecular weight excluding hydrogens is 216 g/mol. The molecule has 17 heavy (non-hydrogen) atoms. The summed E-state index contributed by atoms with van der Waals surface area (Å²) in [5, 5.41) is 7.20. The Hall–Kier alpha value is -1.36. The molecule has 0 aromatic carbocycles. The Balaban J connectivity index is 2.81. The highest BCUT2D eigenvalue weighted by Crippen LogP contribution is 2.14. The summed E-state index contributed by atoms with van der Waals surface area (Å²) in [5.41, 5.74) is 6.75. The van der Waals surface area contributed by atoms with Crippen molar-refractivity contribution in [3.63, 3.8) is 0 Å². The number of nitrogens with one attached hydrogen (secondary N) is 1. The van der Waals surface area contributed by atoms with Gasteiger partial charge >= 0.3 is 0 Å². The lowest BCUT2D eigenvalue weighted by Gasteiger charge is -2.29. The molecular formula is C12H22N4O. The van der Waals surface area contributed by atoms with Gasteiger partial charge in [-0.15, -0.1) is 0 Å². The van der Waals surface area contributed by atoms with E-state index in [1.165, 1.54) is 0 Å². The van der Waals surface area contributed by atoms with E-state index in [1.807, 2.05) is 20.8 Å². The standard InChI is InChI=1S/C12H22N4O/c1-5-12(3,6-7-13)14-11(17)10-8-9(2)15-16(10)4/h8H,5-7,13H2,1-4H3,(H,14,17). The predicted molar refractivity (Wildman–Crippen MR) is 67.8 cm³/mol. The first-order valence-electron chi connectivity index (χ1n) is 5.95. The molecule has 0 radical (unpaired) electrons. The Morgan fingerprint density at radius 2 is 2.29 bits per heavy atom. The van der Waals surface area contributed by atoms with Gasteiger partial charge in [0.25, 0.3) is 5.91 Å². The van der Waals surface area contributed by atoms with Crippen LogP contribution in [0.25, 0.3) is 0 Å². The number of hydrogen-bond acceptors (Lipinski definition) is 3. The lowest BCUT2D eigenvalue weighted by Crippen LogP contribution is -2.47. The number of amides is 1. The molecule has 0 aliphatic carbocycles. The van der Waals surface area contributed by atoms with Crippen molar-refractivity contribution in [3.8, 4) is 0 Å². The Morgan fingerprint density at radius 3 is 2.71 bits per heavy atom. The monoisotopic (exact) mass is 238 g/mol. The highest BCUT2D eigenvalue weighted by atomic mass is 16.2. The molecule has 0 saturated carbocycles. The van der Waals surface area contributed by atoms with Crippen LogP contribution in [0.5, 0.6) is 0 Å². The van der Waals surface area contributed by atoms with Crippen LogP contribution in [0.1, 0.15) is 42.9 Å². The van der Waals surface area contributed by atoms with Crippen LogP contribution in [0.2, 0.25) is 0 Å². The SMILES string of the molecule is CCC(C)(CCN)NC(=O)c1cc(C)nn1C. The van der Waals surface area contributed by atoms with Crippen molar-refractivity contribution in [1.82, 2.24) is 15.1 Å². The highest BCUT2D eigenvalue weighted by molar-refractivity contribution is 5.93. The van der Waals surface area contributed by atoms with Gasteiger partial charge in [0, 0.05) is 12.6 Å². The van der Waals surface area contributed by atoms with E-state index in [0.29, 0.717) is 12.2 Å². The van der Waals surface area contributed by atoms with Gasteiger partial charge in [0.2, 0.25) is 0 Å². The van der Waals surface area contributed by atoms with Gasteiger partial charge in [-0.25, -0.2) is 0 Å². The zero-order valence-electron chi connectivity index (χ0n) is 11.1. The van der Waals surface area contributed by atoms with Crippen LogP contribution in [0, 0.1) is 6.92 Å². The normalized spacial score (nSPS) is 14.4. The quantitative estimate of drug-likeness (QED) is 0.803. The number of carbonyl (C=O) groups excluding carboxylic acids is 1. The fourth-order valence-corrected chi connectivity index (χ4v) is 1.81. The summed E-state index contributed by atoms with van der Waals surface area (Å²) in [6, 6.07) is 1.79. The molecule has 1 amide bonds. The largest absolute Gasteiger partial charge is 0.346 e. The van der Waals surface area contributed by atoms with Crippen molar-refractivity contribution in [2.75, 3.05) is 6.54 Å². The topological polar surface area (TPSA) is 72.9 Å². The third-order valence-electron chi connectivity index (χ3n) is 3.13. The Kier molecular flexibility index (Phi) is 4.28. The third kappa shape index (κ3) is 3.30. The summed E-state index contributed by atoms with van der Waals surface area (Å²) >= 11 is 0. The summed E-state index contributed by atoms with van der Waals surface area (Å²) in [6.07, 6.45) is 1.62. The summed E-state index contributed by atoms with van der Waals surface area (Å²) < 4.78 is 1.60. The van der Waals surface area contributed by atoms with E-state index >= 15 is 0 Å². The maximum atomic E-state index is 12.1. The fourth-order valence-electron chi connectivity index (χ4n) is 1.81. The summed E-state index contributed by atoms with van der Waals surface area (Å²) in [7, 11) is 1.77. The first-order chi connectivity index (χ1) is 7.91. The molecule has 1 atom stereocenters. The molecule has 1 aromatic heterocycles. The van der Waals surface area contributed by atoms with Crippen LogP contribution in [0.4, 0.5) is 0 Å². The maximum Gasteiger partial charge on any atom is 0.269 e. The second-order valence-electron chi connectivity index (χ2n) is 4.70. The molecule has 1 aromatic rings. The number of aryl methyl sites for hydroxylation is 2. The average Bonchev–Trinajstić information content (AvgIpc) is 2.58. The van der Waals surface area contributed by atoms with Crippen LogP contribution in [-0.2, 0) is 7.05 Å². The van der Waals surface area contributed by atoms with Crippen molar-refractivity contribution >= 4 is 5.91 Å². The van der Waals surface area contributed by atoms with E-state index in [-0.39, 0.29) is 11.4 Å². The fraction of sp³-hybridized carbons (Fsp3) is 0.667. The van der Waals surface area contributed by atoms with Crippen LogP contribution < -0.4 is 11.1 Å². The van der Waals surface area contributed by atoms with Gasteiger partial charge < -0.3 is 11.1 Å². The number of nitrogens with two attached hydrogens (primary N) is 1. The lowest BCUT2D eigenvalue weighted by atomic mass is 9.94. The van der Waals surface area contributed by atoms with Crippen molar-refractivity contribution in [3.05, 3.63) is 17.5 Å². The molecule has 0 saturated heterocycles. The Bertz CT molecular complexity index is 399. The molecule has 96 valence electrons. The highest BCUT2D eigenvalue weighted by Gasteiger charge is 2.25. The van der Waals surface area contributed by atoms with E-state index < -0.39 is 0 Å². The van der Waals surface area contributed by atoms with Crippen molar-refractivity contribution < 1.29 is 4.79 Å². The minimum absolute atomic E-state index is 0.0918. The summed E-state index contributed by atoms with van der Waals surface area (Å²) in [4.78, 5) is 12.1. The zero-order valence-corrected chi connectivity index (χ0v) is 11.1. The molecule has 1 unspecified atom stereocenters. The Morgan fingerprint density at radius 1 is 1.65 bits per heavy atom. The Labute approximate surface area is 102 Å². The molecule has 3 N–H and O–H groups in total. The van der Waals surface area contributed by atoms with Crippen LogP contribution in [0.3, 0.4) is 0 Å². The molecule has 5 heteroatoms. The first kappa shape index (κ1) is 13.7. The molecule has 1 rings (SSSR count). The second kappa shape index (κ2) is 5.31. The van der Waals surface area contributed by atoms with Gasteiger partial charge in [-0.05, 0) is 39.3 Å². The first-order valence-corrected chi connectivity index (χ1v) is 5.95. The van der Waals surface area contributed by atoms with Crippen molar-refractivity contribution in [2.45, 2.75) is 39.2 Å². The van der Waals surface area contributed by atoms with Gasteiger partial charge in [-0.3, -0.25) is 9.48 Å². The van der Waals surface area contributed by atoms with Crippen molar-refractivity contribution in [1.29, 1.82) is 0 Å². The number of nitrogens with zero attached hydrogens (tertiary/aromatic N) is 2. The van der Waals surface area contributed by atoms with Crippen molar-refractivity contribution in [2.24, 2.45) is 12.8 Å². The molecule has 0 fully saturated rings. The molecule has 0 aliphatic heterocycles. The minimum atomic E-state index is -0.246. The smallest absolute Gasteiger partial charge is 0.269 e. The van der Waals surface area contributed by atoms with Gasteiger partial charge in [0.15, 0.2) is 0 Å². The average molecular weight is 238 g/mol. The third-order valence-corrected chi connectivity index (χ3v) is 3.13. The summed E-state index contributed by atoms with van der Waals surface area (Å²) in [5.74, 6) is -0.0918. The van der Waals surface area contributed by atoms with Gasteiger partial charge in [-0.1, -0.05) is 6.92 Å². The van der Waals surface area contributed by atoms with Crippen LogP contribution >= 0.6 is 0 Å². The van der Waals surface area contributed by atoms with E-state index in [0.717, 1.165) is 18.5 Å². The molecule has 0 aliphatic rings. The number of aromatic nitrogens is 2. The van der Waals surface area contributed by atoms with Gasteiger partial charge in [-0.2, -0.15) is 5.10 Å². The summed E-state index contributed by atoms with van der Waals surface area (Å²) in [6.45, 7) is 6.50. The number of carbonyl (C=O) groups is 1. The van der Waals surface area contributed by atoms with E-state index in [9.17, 15) is 4.79 Å². The predicted octanol–water partition coefficient (Wildman–Crippen LogP) is 0.976. The second-order valence-corrected chi connectivity index (χ2v) is 4.70. The molecule has 5 nitrogen and oxygen atoms in total.